The molecule has 1 aliphatic carbocycles. The molecule has 0 amide bonds. The summed E-state index contributed by atoms with van der Waals surface area (Å²) in [6.07, 6.45) is 9.28. The van der Waals surface area contributed by atoms with Gasteiger partial charge in [-0.3, -0.25) is 0 Å². The number of hydrogen-bond donors (Lipinski definition) is 1. The monoisotopic (exact) mass is 236 g/mol. The summed E-state index contributed by atoms with van der Waals surface area (Å²) in [6, 6.07) is 0.853. The minimum atomic E-state index is 0.0642. The van der Waals surface area contributed by atoms with E-state index in [-0.39, 0.29) is 6.04 Å². The van der Waals surface area contributed by atoms with Crippen LogP contribution in [0, 0.1) is 0 Å². The lowest BCUT2D eigenvalue weighted by molar-refractivity contribution is 0.235. The van der Waals surface area contributed by atoms with Crippen molar-refractivity contribution in [1.29, 1.82) is 0 Å². The van der Waals surface area contributed by atoms with Crippen molar-refractivity contribution in [2.24, 2.45) is 5.73 Å². The second kappa shape index (κ2) is 5.65. The van der Waals surface area contributed by atoms with E-state index >= 15 is 0 Å². The maximum atomic E-state index is 5.91. The van der Waals surface area contributed by atoms with Crippen LogP contribution in [0.25, 0.3) is 0 Å². The van der Waals surface area contributed by atoms with Gasteiger partial charge in [-0.2, -0.15) is 0 Å². The van der Waals surface area contributed by atoms with Crippen LogP contribution in [0.3, 0.4) is 0 Å². The van der Waals surface area contributed by atoms with Gasteiger partial charge in [0.2, 0.25) is 0 Å². The first kappa shape index (κ1) is 12.6. The number of rotatable bonds is 5. The van der Waals surface area contributed by atoms with Crippen molar-refractivity contribution in [2.75, 3.05) is 13.6 Å². The lowest BCUT2D eigenvalue weighted by Gasteiger charge is -2.24. The third-order valence-electron chi connectivity index (χ3n) is 3.85. The normalized spacial score (nSPS) is 19.1. The molecule has 1 atom stereocenters. The van der Waals surface area contributed by atoms with Crippen LogP contribution in [-0.2, 0) is 6.54 Å². The van der Waals surface area contributed by atoms with Gasteiger partial charge in [0.25, 0.3) is 0 Å². The summed E-state index contributed by atoms with van der Waals surface area (Å²) in [7, 11) is 2.23. The predicted molar refractivity (Wildman–Crippen MR) is 69.7 cm³/mol. The lowest BCUT2D eigenvalue weighted by atomic mass is 10.2. The number of hydrogen-bond acceptors (Lipinski definition) is 3. The van der Waals surface area contributed by atoms with Gasteiger partial charge in [-0.1, -0.05) is 12.8 Å². The van der Waals surface area contributed by atoms with Gasteiger partial charge in [0.1, 0.15) is 0 Å². The van der Waals surface area contributed by atoms with Gasteiger partial charge < -0.3 is 15.2 Å². The third kappa shape index (κ3) is 3.07. The molecule has 1 aromatic heterocycles. The van der Waals surface area contributed by atoms with Crippen LogP contribution in [0.5, 0.6) is 0 Å². The van der Waals surface area contributed by atoms with Gasteiger partial charge >= 0.3 is 0 Å². The lowest BCUT2D eigenvalue weighted by Crippen LogP contribution is -2.32. The zero-order chi connectivity index (χ0) is 12.3. The summed E-state index contributed by atoms with van der Waals surface area (Å²) in [6.45, 7) is 4.08. The minimum Gasteiger partial charge on any atom is -0.332 e. The van der Waals surface area contributed by atoms with Crippen molar-refractivity contribution in [3.8, 4) is 0 Å². The Kier molecular flexibility index (Phi) is 4.18. The molecule has 96 valence electrons. The van der Waals surface area contributed by atoms with Gasteiger partial charge in [0.15, 0.2) is 0 Å². The van der Waals surface area contributed by atoms with E-state index in [1.54, 1.807) is 0 Å². The van der Waals surface area contributed by atoms with Crippen molar-refractivity contribution < 1.29 is 0 Å². The Hall–Kier alpha value is -0.870. The van der Waals surface area contributed by atoms with E-state index < -0.39 is 0 Å². The largest absolute Gasteiger partial charge is 0.332 e. The number of nitrogens with zero attached hydrogens (tertiary/aromatic N) is 3. The fourth-order valence-corrected chi connectivity index (χ4v) is 2.69. The number of aromatic nitrogens is 2. The van der Waals surface area contributed by atoms with Gasteiger partial charge in [0.05, 0.1) is 12.0 Å². The molecule has 1 aliphatic rings. The highest BCUT2D eigenvalue weighted by atomic mass is 15.2. The van der Waals surface area contributed by atoms with Gasteiger partial charge in [-0.15, -0.1) is 0 Å². The molecule has 4 nitrogen and oxygen atoms in total. The fourth-order valence-electron chi connectivity index (χ4n) is 2.69. The van der Waals surface area contributed by atoms with E-state index in [4.69, 9.17) is 5.73 Å². The van der Waals surface area contributed by atoms with E-state index in [2.05, 4.69) is 21.5 Å². The van der Waals surface area contributed by atoms with Crippen LogP contribution < -0.4 is 5.73 Å². The van der Waals surface area contributed by atoms with E-state index in [0.29, 0.717) is 0 Å². The molecule has 1 saturated carbocycles. The second-order valence-electron chi connectivity index (χ2n) is 5.22. The molecule has 1 fully saturated rings. The van der Waals surface area contributed by atoms with E-state index in [1.165, 1.54) is 25.7 Å². The molecule has 2 N–H and O–H groups in total. The van der Waals surface area contributed by atoms with Crippen LogP contribution in [0.1, 0.15) is 44.3 Å². The molecule has 17 heavy (non-hydrogen) atoms. The van der Waals surface area contributed by atoms with Gasteiger partial charge in [-0.05, 0) is 26.8 Å². The summed E-state index contributed by atoms with van der Waals surface area (Å²) in [5.74, 6) is 0. The molecule has 2 rings (SSSR count). The molecule has 1 heterocycles. The predicted octanol–water partition coefficient (Wildman–Crippen LogP) is 1.78. The second-order valence-corrected chi connectivity index (χ2v) is 5.22. The third-order valence-corrected chi connectivity index (χ3v) is 3.85. The average Bonchev–Trinajstić information content (AvgIpc) is 2.96. The number of likely N-dealkylation sites (N-methyl/N-ethyl adjacent to an activating group) is 1. The van der Waals surface area contributed by atoms with Crippen molar-refractivity contribution in [1.82, 2.24) is 14.5 Å². The summed E-state index contributed by atoms with van der Waals surface area (Å²) in [5.41, 5.74) is 7.04. The van der Waals surface area contributed by atoms with Crippen LogP contribution in [0.4, 0.5) is 0 Å². The van der Waals surface area contributed by atoms with Crippen molar-refractivity contribution >= 4 is 0 Å². The highest BCUT2D eigenvalue weighted by Gasteiger charge is 2.19. The maximum Gasteiger partial charge on any atom is 0.0949 e. The standard InChI is InChI=1S/C13H24N4/c1-11(14)13-9-15-10-17(13)8-7-16(2)12-5-3-4-6-12/h9-12H,3-8,14H2,1-2H3. The van der Waals surface area contributed by atoms with Crippen LogP contribution >= 0.6 is 0 Å². The summed E-state index contributed by atoms with van der Waals surface area (Å²) >= 11 is 0. The molecule has 0 saturated heterocycles. The topological polar surface area (TPSA) is 47.1 Å². The van der Waals surface area contributed by atoms with E-state index in [1.807, 2.05) is 19.4 Å². The quantitative estimate of drug-likeness (QED) is 0.847. The summed E-state index contributed by atoms with van der Waals surface area (Å²) < 4.78 is 2.18. The Morgan fingerprint density at radius 1 is 1.53 bits per heavy atom. The Bertz CT molecular complexity index is 339. The Balaban J connectivity index is 1.86. The van der Waals surface area contributed by atoms with Crippen molar-refractivity contribution in [3.05, 3.63) is 18.2 Å². The van der Waals surface area contributed by atoms with Crippen molar-refractivity contribution in [2.45, 2.75) is 51.2 Å². The maximum absolute atomic E-state index is 5.91. The molecular weight excluding hydrogens is 212 g/mol. The smallest absolute Gasteiger partial charge is 0.0949 e. The molecule has 0 radical (unpaired) electrons. The zero-order valence-electron chi connectivity index (χ0n) is 11.0. The summed E-state index contributed by atoms with van der Waals surface area (Å²) in [4.78, 5) is 6.67. The minimum absolute atomic E-state index is 0.0642. The summed E-state index contributed by atoms with van der Waals surface area (Å²) in [5, 5.41) is 0. The first-order chi connectivity index (χ1) is 8.18. The molecule has 0 bridgehead atoms. The molecule has 0 aliphatic heterocycles. The molecule has 1 unspecified atom stereocenters. The molecule has 4 heteroatoms. The number of imidazole rings is 1. The Morgan fingerprint density at radius 2 is 2.24 bits per heavy atom. The SMILES string of the molecule is CC(N)c1cncn1CCN(C)C1CCCC1. The fraction of sp³-hybridized carbons (Fsp3) is 0.769. The van der Waals surface area contributed by atoms with Crippen LogP contribution in [-0.4, -0.2) is 34.1 Å². The first-order valence-electron chi connectivity index (χ1n) is 6.64. The molecule has 1 aromatic rings. The Labute approximate surface area is 104 Å². The number of nitrogens with two attached hydrogens (primary N) is 1. The van der Waals surface area contributed by atoms with Crippen LogP contribution in [0.2, 0.25) is 0 Å². The van der Waals surface area contributed by atoms with Gasteiger partial charge in [0, 0.05) is 31.4 Å². The molecule has 0 aromatic carbocycles. The van der Waals surface area contributed by atoms with E-state index in [9.17, 15) is 0 Å². The van der Waals surface area contributed by atoms with Crippen LogP contribution in [0.15, 0.2) is 12.5 Å². The highest BCUT2D eigenvalue weighted by Crippen LogP contribution is 2.22. The van der Waals surface area contributed by atoms with Crippen molar-refractivity contribution in [3.63, 3.8) is 0 Å². The zero-order valence-corrected chi connectivity index (χ0v) is 11.0. The highest BCUT2D eigenvalue weighted by molar-refractivity contribution is 5.03. The first-order valence-corrected chi connectivity index (χ1v) is 6.64. The molecular formula is C13H24N4. The van der Waals surface area contributed by atoms with E-state index in [0.717, 1.165) is 24.8 Å². The average molecular weight is 236 g/mol. The molecule has 0 spiro atoms. The van der Waals surface area contributed by atoms with Gasteiger partial charge in [-0.25, -0.2) is 4.98 Å². The Morgan fingerprint density at radius 3 is 2.88 bits per heavy atom.